The van der Waals surface area contributed by atoms with Crippen molar-refractivity contribution in [2.45, 2.75) is 32.7 Å². The van der Waals surface area contributed by atoms with Crippen LogP contribution in [0.2, 0.25) is 0 Å². The molecular weight excluding hydrogens is 446 g/mol. The highest BCUT2D eigenvalue weighted by Gasteiger charge is 2.17. The second-order valence-electron chi connectivity index (χ2n) is 8.10. The zero-order chi connectivity index (χ0) is 24.5. The molecule has 0 bridgehead atoms. The molecule has 1 saturated heterocycles. The molecule has 4 rings (SSSR count). The molecule has 2 heterocycles. The van der Waals surface area contributed by atoms with E-state index in [1.807, 2.05) is 67.4 Å². The summed E-state index contributed by atoms with van der Waals surface area (Å²) < 4.78 is 17.2. The SMILES string of the molecule is CCN(CC)Oc1ccc(Oc2ncc(NC[C@@H]3CCCN3)c(Oc3ccc(OC)cc3)n2)cc1. The summed E-state index contributed by atoms with van der Waals surface area (Å²) >= 11 is 0. The number of hydroxylamine groups is 2. The lowest BCUT2D eigenvalue weighted by atomic mass is 10.2. The number of hydrogen-bond acceptors (Lipinski definition) is 9. The minimum Gasteiger partial charge on any atom is -0.497 e. The Bertz CT molecular complexity index is 1050. The molecule has 0 spiro atoms. The van der Waals surface area contributed by atoms with E-state index in [4.69, 9.17) is 19.0 Å². The van der Waals surface area contributed by atoms with Gasteiger partial charge in [-0.25, -0.2) is 4.98 Å². The Balaban J connectivity index is 1.49. The first-order valence-corrected chi connectivity index (χ1v) is 12.0. The molecule has 0 saturated carbocycles. The van der Waals surface area contributed by atoms with Gasteiger partial charge in [0, 0.05) is 25.7 Å². The summed E-state index contributed by atoms with van der Waals surface area (Å²) in [5.41, 5.74) is 0.699. The Morgan fingerprint density at radius 2 is 1.60 bits per heavy atom. The second-order valence-corrected chi connectivity index (χ2v) is 8.10. The quantitative estimate of drug-likeness (QED) is 0.353. The van der Waals surface area contributed by atoms with E-state index in [0.29, 0.717) is 29.1 Å². The summed E-state index contributed by atoms with van der Waals surface area (Å²) in [6.07, 6.45) is 4.01. The summed E-state index contributed by atoms with van der Waals surface area (Å²) in [4.78, 5) is 14.7. The fourth-order valence-corrected chi connectivity index (χ4v) is 3.69. The van der Waals surface area contributed by atoms with Crippen molar-refractivity contribution in [2.24, 2.45) is 0 Å². The fourth-order valence-electron chi connectivity index (χ4n) is 3.69. The molecule has 186 valence electrons. The molecule has 35 heavy (non-hydrogen) atoms. The van der Waals surface area contributed by atoms with Crippen molar-refractivity contribution in [3.05, 3.63) is 54.7 Å². The highest BCUT2D eigenvalue weighted by molar-refractivity contribution is 5.53. The Kier molecular flexibility index (Phi) is 8.58. The van der Waals surface area contributed by atoms with E-state index in [0.717, 1.165) is 44.1 Å². The van der Waals surface area contributed by atoms with E-state index in [-0.39, 0.29) is 6.01 Å². The Labute approximate surface area is 206 Å². The zero-order valence-electron chi connectivity index (χ0n) is 20.5. The summed E-state index contributed by atoms with van der Waals surface area (Å²) in [6.45, 7) is 7.51. The molecule has 2 aromatic carbocycles. The van der Waals surface area contributed by atoms with E-state index in [1.165, 1.54) is 6.42 Å². The summed E-state index contributed by atoms with van der Waals surface area (Å²) in [5.74, 6) is 3.12. The minimum atomic E-state index is 0.190. The van der Waals surface area contributed by atoms with E-state index in [2.05, 4.69) is 20.6 Å². The van der Waals surface area contributed by atoms with Crippen LogP contribution in [0.25, 0.3) is 0 Å². The lowest BCUT2D eigenvalue weighted by Crippen LogP contribution is -2.29. The molecule has 3 aromatic rings. The lowest BCUT2D eigenvalue weighted by molar-refractivity contribution is -0.0487. The molecule has 1 atom stereocenters. The molecule has 9 nitrogen and oxygen atoms in total. The van der Waals surface area contributed by atoms with Crippen LogP contribution < -0.4 is 29.7 Å². The number of nitrogens with one attached hydrogen (secondary N) is 2. The third kappa shape index (κ3) is 6.97. The summed E-state index contributed by atoms with van der Waals surface area (Å²) in [6, 6.07) is 15.3. The number of hydrogen-bond donors (Lipinski definition) is 2. The van der Waals surface area contributed by atoms with Crippen molar-refractivity contribution >= 4 is 5.69 Å². The maximum atomic E-state index is 6.10. The number of aromatic nitrogens is 2. The number of benzene rings is 2. The molecule has 2 N–H and O–H groups in total. The number of rotatable bonds is 12. The van der Waals surface area contributed by atoms with Crippen LogP contribution in [0.4, 0.5) is 5.69 Å². The first kappa shape index (κ1) is 24.6. The number of ether oxygens (including phenoxy) is 3. The average Bonchev–Trinajstić information content (AvgIpc) is 3.42. The van der Waals surface area contributed by atoms with Gasteiger partial charge in [-0.3, -0.25) is 0 Å². The first-order chi connectivity index (χ1) is 17.2. The normalized spacial score (nSPS) is 15.1. The van der Waals surface area contributed by atoms with Crippen LogP contribution in [0.15, 0.2) is 54.7 Å². The standard InChI is InChI=1S/C26H33N5O4/c1-4-31(5-2)35-23-14-12-22(13-15-23)34-26-29-18-24(28-17-19-7-6-16-27-19)25(30-26)33-21-10-8-20(32-3)9-11-21/h8-15,18-19,27-28H,4-7,16-17H2,1-3H3/t19-/m0/s1. The molecule has 1 fully saturated rings. The van der Waals surface area contributed by atoms with Crippen LogP contribution in [0, 0.1) is 0 Å². The molecular formula is C26H33N5O4. The van der Waals surface area contributed by atoms with E-state index in [9.17, 15) is 0 Å². The van der Waals surface area contributed by atoms with Crippen molar-refractivity contribution in [2.75, 3.05) is 38.6 Å². The molecule has 0 unspecified atom stereocenters. The van der Waals surface area contributed by atoms with Gasteiger partial charge in [0.2, 0.25) is 5.88 Å². The predicted molar refractivity (Wildman–Crippen MR) is 135 cm³/mol. The number of methoxy groups -OCH3 is 1. The zero-order valence-corrected chi connectivity index (χ0v) is 20.5. The molecule has 0 radical (unpaired) electrons. The van der Waals surface area contributed by atoms with Gasteiger partial charge in [0.05, 0.1) is 13.3 Å². The van der Waals surface area contributed by atoms with Gasteiger partial charge < -0.3 is 29.7 Å². The molecule has 0 amide bonds. The first-order valence-electron chi connectivity index (χ1n) is 12.0. The van der Waals surface area contributed by atoms with Gasteiger partial charge in [0.1, 0.15) is 28.7 Å². The second kappa shape index (κ2) is 12.2. The van der Waals surface area contributed by atoms with Crippen LogP contribution >= 0.6 is 0 Å². The number of anilines is 1. The highest BCUT2D eigenvalue weighted by atomic mass is 16.7. The van der Waals surface area contributed by atoms with Gasteiger partial charge in [-0.1, -0.05) is 0 Å². The molecule has 1 aliphatic heterocycles. The van der Waals surface area contributed by atoms with Crippen LogP contribution in [0.3, 0.4) is 0 Å². The maximum absolute atomic E-state index is 6.10. The summed E-state index contributed by atoms with van der Waals surface area (Å²) in [7, 11) is 1.63. The van der Waals surface area contributed by atoms with E-state index >= 15 is 0 Å². The van der Waals surface area contributed by atoms with E-state index in [1.54, 1.807) is 13.3 Å². The van der Waals surface area contributed by atoms with Crippen molar-refractivity contribution < 1.29 is 19.0 Å². The van der Waals surface area contributed by atoms with Gasteiger partial charge in [0.15, 0.2) is 0 Å². The van der Waals surface area contributed by atoms with Crippen LogP contribution in [-0.2, 0) is 0 Å². The monoisotopic (exact) mass is 479 g/mol. The minimum absolute atomic E-state index is 0.190. The van der Waals surface area contributed by atoms with Gasteiger partial charge in [-0.2, -0.15) is 4.98 Å². The summed E-state index contributed by atoms with van der Waals surface area (Å²) in [5, 5.41) is 8.76. The van der Waals surface area contributed by atoms with Crippen molar-refractivity contribution in [3.63, 3.8) is 0 Å². The smallest absolute Gasteiger partial charge is 0.325 e. The Morgan fingerprint density at radius 3 is 2.23 bits per heavy atom. The molecule has 1 aromatic heterocycles. The largest absolute Gasteiger partial charge is 0.497 e. The third-order valence-electron chi connectivity index (χ3n) is 5.68. The molecule has 0 aliphatic carbocycles. The molecule has 9 heteroatoms. The Morgan fingerprint density at radius 1 is 0.943 bits per heavy atom. The van der Waals surface area contributed by atoms with Crippen LogP contribution in [0.1, 0.15) is 26.7 Å². The predicted octanol–water partition coefficient (Wildman–Crippen LogP) is 4.87. The van der Waals surface area contributed by atoms with Gasteiger partial charge in [0.25, 0.3) is 0 Å². The fraction of sp³-hybridized carbons (Fsp3) is 0.385. The molecule has 1 aliphatic rings. The lowest BCUT2D eigenvalue weighted by Gasteiger charge is -2.18. The van der Waals surface area contributed by atoms with Crippen molar-refractivity contribution in [3.8, 4) is 34.9 Å². The topological polar surface area (TPSA) is 90.0 Å². The Hall–Kier alpha value is -3.56. The maximum Gasteiger partial charge on any atom is 0.325 e. The van der Waals surface area contributed by atoms with Gasteiger partial charge >= 0.3 is 6.01 Å². The number of nitrogens with zero attached hydrogens (tertiary/aromatic N) is 3. The van der Waals surface area contributed by atoms with E-state index < -0.39 is 0 Å². The van der Waals surface area contributed by atoms with Crippen LogP contribution in [0.5, 0.6) is 34.9 Å². The highest BCUT2D eigenvalue weighted by Crippen LogP contribution is 2.31. The van der Waals surface area contributed by atoms with Crippen molar-refractivity contribution in [1.82, 2.24) is 20.3 Å². The van der Waals surface area contributed by atoms with Crippen LogP contribution in [-0.4, -0.2) is 54.4 Å². The van der Waals surface area contributed by atoms with Gasteiger partial charge in [-0.15, -0.1) is 5.06 Å². The third-order valence-corrected chi connectivity index (χ3v) is 5.68. The van der Waals surface area contributed by atoms with Gasteiger partial charge in [-0.05, 0) is 81.8 Å². The average molecular weight is 480 g/mol. The van der Waals surface area contributed by atoms with Crippen molar-refractivity contribution in [1.29, 1.82) is 0 Å².